The van der Waals surface area contributed by atoms with Crippen molar-refractivity contribution >= 4 is 18.2 Å². The Balaban J connectivity index is 1.94. The van der Waals surface area contributed by atoms with Crippen LogP contribution in [-0.2, 0) is 4.74 Å². The van der Waals surface area contributed by atoms with E-state index < -0.39 is 6.03 Å². The highest BCUT2D eigenvalue weighted by molar-refractivity contribution is 5.94. The Hall–Kier alpha value is -4.65. The van der Waals surface area contributed by atoms with Gasteiger partial charge in [0.1, 0.15) is 0 Å². The SMILES string of the molecule is CCOC(=O)c1ccc(-n2c(-c3ccccc3)cc(/C=N/NC(N)=O)c2-c2ccccc2)cc1. The molecule has 0 fully saturated rings. The Morgan fingerprint density at radius 3 is 2.15 bits per heavy atom. The molecule has 2 amide bonds. The number of hydrogen-bond donors (Lipinski definition) is 2. The van der Waals surface area contributed by atoms with Gasteiger partial charge in [0.15, 0.2) is 0 Å². The van der Waals surface area contributed by atoms with E-state index in [0.29, 0.717) is 12.2 Å². The molecule has 1 heterocycles. The van der Waals surface area contributed by atoms with Crippen molar-refractivity contribution < 1.29 is 14.3 Å². The van der Waals surface area contributed by atoms with E-state index in [2.05, 4.69) is 15.1 Å². The lowest BCUT2D eigenvalue weighted by molar-refractivity contribution is 0.0526. The summed E-state index contributed by atoms with van der Waals surface area (Å²) in [6.45, 7) is 2.09. The first kappa shape index (κ1) is 22.5. The average molecular weight is 453 g/mol. The van der Waals surface area contributed by atoms with Crippen LogP contribution in [0.1, 0.15) is 22.8 Å². The van der Waals surface area contributed by atoms with Gasteiger partial charge in [-0.2, -0.15) is 5.10 Å². The fourth-order valence-corrected chi connectivity index (χ4v) is 3.74. The summed E-state index contributed by atoms with van der Waals surface area (Å²) < 4.78 is 7.22. The van der Waals surface area contributed by atoms with Crippen LogP contribution in [0.25, 0.3) is 28.2 Å². The highest BCUT2D eigenvalue weighted by Crippen LogP contribution is 2.35. The molecular weight excluding hydrogens is 428 g/mol. The summed E-state index contributed by atoms with van der Waals surface area (Å²) in [5, 5.41) is 4.00. The van der Waals surface area contributed by atoms with Crippen LogP contribution < -0.4 is 11.2 Å². The molecule has 0 aliphatic rings. The van der Waals surface area contributed by atoms with Gasteiger partial charge in [-0.3, -0.25) is 0 Å². The maximum Gasteiger partial charge on any atom is 0.338 e. The molecule has 0 unspecified atom stereocenters. The molecule has 170 valence electrons. The molecule has 3 N–H and O–H groups in total. The molecule has 3 aromatic carbocycles. The Morgan fingerprint density at radius 1 is 0.941 bits per heavy atom. The lowest BCUT2D eigenvalue weighted by atomic mass is 10.1. The minimum atomic E-state index is -0.741. The number of hydrazone groups is 1. The first-order valence-corrected chi connectivity index (χ1v) is 10.8. The van der Waals surface area contributed by atoms with E-state index >= 15 is 0 Å². The summed E-state index contributed by atoms with van der Waals surface area (Å²) in [7, 11) is 0. The lowest BCUT2D eigenvalue weighted by Gasteiger charge is -2.15. The number of amides is 2. The summed E-state index contributed by atoms with van der Waals surface area (Å²) >= 11 is 0. The van der Waals surface area contributed by atoms with E-state index in [1.165, 1.54) is 0 Å². The van der Waals surface area contributed by atoms with Crippen LogP contribution in [0, 0.1) is 0 Å². The van der Waals surface area contributed by atoms with Gasteiger partial charge in [0.2, 0.25) is 0 Å². The molecule has 0 radical (unpaired) electrons. The second kappa shape index (κ2) is 10.3. The molecule has 0 saturated carbocycles. The van der Waals surface area contributed by atoms with Gasteiger partial charge in [0.25, 0.3) is 0 Å². The second-order valence-electron chi connectivity index (χ2n) is 7.40. The Labute approximate surface area is 197 Å². The third-order valence-corrected chi connectivity index (χ3v) is 5.16. The standard InChI is InChI=1S/C27H24N4O3/c1-2-34-26(32)21-13-15-23(16-14-21)31-24(19-9-5-3-6-10-19)17-22(18-29-30-27(28)33)25(31)20-11-7-4-8-12-20/h3-18H,2H2,1H3,(H3,28,30,33)/b29-18+. The number of nitrogens with zero attached hydrogens (tertiary/aromatic N) is 2. The summed E-state index contributed by atoms with van der Waals surface area (Å²) in [5.41, 5.74) is 13.3. The third-order valence-electron chi connectivity index (χ3n) is 5.16. The van der Waals surface area contributed by atoms with Crippen LogP contribution in [0.5, 0.6) is 0 Å². The molecule has 0 aliphatic carbocycles. The average Bonchev–Trinajstić information content (AvgIpc) is 3.24. The highest BCUT2D eigenvalue weighted by Gasteiger charge is 2.19. The van der Waals surface area contributed by atoms with Crippen molar-refractivity contribution in [2.24, 2.45) is 10.8 Å². The molecule has 0 bridgehead atoms. The lowest BCUT2D eigenvalue weighted by Crippen LogP contribution is -2.24. The van der Waals surface area contributed by atoms with Crippen molar-refractivity contribution in [3.63, 3.8) is 0 Å². The number of nitrogens with one attached hydrogen (secondary N) is 1. The summed E-state index contributed by atoms with van der Waals surface area (Å²) in [5.74, 6) is -0.363. The first-order chi connectivity index (χ1) is 16.6. The molecular formula is C27H24N4O3. The van der Waals surface area contributed by atoms with Gasteiger partial charge in [-0.1, -0.05) is 60.7 Å². The molecule has 0 atom stereocenters. The summed E-state index contributed by atoms with van der Waals surface area (Å²) in [6.07, 6.45) is 1.57. The van der Waals surface area contributed by atoms with Crippen molar-refractivity contribution in [1.82, 2.24) is 9.99 Å². The highest BCUT2D eigenvalue weighted by atomic mass is 16.5. The van der Waals surface area contributed by atoms with E-state index in [9.17, 15) is 9.59 Å². The molecule has 0 saturated heterocycles. The maximum absolute atomic E-state index is 12.2. The van der Waals surface area contributed by atoms with Crippen molar-refractivity contribution in [3.8, 4) is 28.2 Å². The number of nitrogens with two attached hydrogens (primary N) is 1. The monoisotopic (exact) mass is 452 g/mol. The Kier molecular flexibility index (Phi) is 6.84. The number of primary amides is 1. The van der Waals surface area contributed by atoms with Crippen LogP contribution in [0.4, 0.5) is 4.79 Å². The van der Waals surface area contributed by atoms with E-state index in [1.807, 2.05) is 78.9 Å². The largest absolute Gasteiger partial charge is 0.462 e. The second-order valence-corrected chi connectivity index (χ2v) is 7.40. The molecule has 1 aromatic heterocycles. The summed E-state index contributed by atoms with van der Waals surface area (Å²) in [4.78, 5) is 23.3. The number of urea groups is 1. The zero-order valence-electron chi connectivity index (χ0n) is 18.6. The number of esters is 1. The minimum absolute atomic E-state index is 0.316. The molecule has 7 heteroatoms. The minimum Gasteiger partial charge on any atom is -0.462 e. The molecule has 34 heavy (non-hydrogen) atoms. The van der Waals surface area contributed by atoms with Crippen LogP contribution >= 0.6 is 0 Å². The van der Waals surface area contributed by atoms with Gasteiger partial charge < -0.3 is 15.0 Å². The molecule has 4 rings (SSSR count). The van der Waals surface area contributed by atoms with Gasteiger partial charge in [0.05, 0.1) is 29.8 Å². The molecule has 7 nitrogen and oxygen atoms in total. The smallest absolute Gasteiger partial charge is 0.338 e. The predicted molar refractivity (Wildman–Crippen MR) is 133 cm³/mol. The third kappa shape index (κ3) is 4.88. The van der Waals surface area contributed by atoms with E-state index in [0.717, 1.165) is 33.8 Å². The number of hydrogen-bond acceptors (Lipinski definition) is 4. The number of ether oxygens (including phenoxy) is 1. The van der Waals surface area contributed by atoms with Gasteiger partial charge in [-0.05, 0) is 48.4 Å². The first-order valence-electron chi connectivity index (χ1n) is 10.8. The van der Waals surface area contributed by atoms with Gasteiger partial charge >= 0.3 is 12.0 Å². The number of aromatic nitrogens is 1. The number of benzene rings is 3. The van der Waals surface area contributed by atoms with Crippen molar-refractivity contribution in [2.75, 3.05) is 6.61 Å². The van der Waals surface area contributed by atoms with Crippen molar-refractivity contribution in [3.05, 3.63) is 102 Å². The van der Waals surface area contributed by atoms with Crippen LogP contribution in [0.15, 0.2) is 96.1 Å². The normalized spacial score (nSPS) is 10.9. The number of carbonyl (C=O) groups is 2. The zero-order valence-corrected chi connectivity index (χ0v) is 18.6. The van der Waals surface area contributed by atoms with Gasteiger partial charge in [-0.25, -0.2) is 15.0 Å². The van der Waals surface area contributed by atoms with E-state index in [-0.39, 0.29) is 5.97 Å². The molecule has 4 aromatic rings. The number of carbonyl (C=O) groups excluding carboxylic acids is 2. The fraction of sp³-hybridized carbons (Fsp3) is 0.0741. The molecule has 0 spiro atoms. The van der Waals surface area contributed by atoms with Crippen LogP contribution in [0.3, 0.4) is 0 Å². The van der Waals surface area contributed by atoms with E-state index in [4.69, 9.17) is 10.5 Å². The van der Waals surface area contributed by atoms with Crippen molar-refractivity contribution in [2.45, 2.75) is 6.92 Å². The maximum atomic E-state index is 12.2. The zero-order chi connectivity index (χ0) is 23.9. The Bertz CT molecular complexity index is 1310. The van der Waals surface area contributed by atoms with Gasteiger partial charge in [0, 0.05) is 11.3 Å². The van der Waals surface area contributed by atoms with Crippen molar-refractivity contribution in [1.29, 1.82) is 0 Å². The van der Waals surface area contributed by atoms with Gasteiger partial charge in [-0.15, -0.1) is 0 Å². The fourth-order valence-electron chi connectivity index (χ4n) is 3.74. The van der Waals surface area contributed by atoms with Crippen LogP contribution in [0.2, 0.25) is 0 Å². The topological polar surface area (TPSA) is 98.7 Å². The quantitative estimate of drug-likeness (QED) is 0.235. The Morgan fingerprint density at radius 2 is 1.56 bits per heavy atom. The molecule has 0 aliphatic heterocycles. The number of rotatable bonds is 7. The summed E-state index contributed by atoms with van der Waals surface area (Å²) in [6, 6.07) is 28.4. The van der Waals surface area contributed by atoms with Crippen LogP contribution in [-0.4, -0.2) is 29.4 Å². The predicted octanol–water partition coefficient (Wildman–Crippen LogP) is 4.99. The van der Waals surface area contributed by atoms with E-state index in [1.54, 1.807) is 25.3 Å².